The standard InChI is InChI=1S/C13H11NO3S/c14-7-10(6-12-2-1-5-18-12)8-17-13(15)11-3-4-16-9-11/h1-5,9-10H,6,8H2/t10-/m1/s1. The van der Waals surface area contributed by atoms with Gasteiger partial charge >= 0.3 is 5.97 Å². The van der Waals surface area contributed by atoms with E-state index in [9.17, 15) is 4.79 Å². The average Bonchev–Trinajstić information content (AvgIpc) is 3.06. The highest BCUT2D eigenvalue weighted by Crippen LogP contribution is 2.15. The Hall–Kier alpha value is -2.06. The first-order valence-corrected chi connectivity index (χ1v) is 6.29. The van der Waals surface area contributed by atoms with Gasteiger partial charge in [-0.2, -0.15) is 5.26 Å². The fraction of sp³-hybridized carbons (Fsp3) is 0.231. The van der Waals surface area contributed by atoms with Gasteiger partial charge in [-0.3, -0.25) is 0 Å². The molecule has 0 fully saturated rings. The molecule has 2 aromatic rings. The molecule has 1 atom stereocenters. The zero-order valence-corrected chi connectivity index (χ0v) is 10.4. The number of nitriles is 1. The van der Waals surface area contributed by atoms with Crippen molar-refractivity contribution < 1.29 is 13.9 Å². The van der Waals surface area contributed by atoms with Crippen molar-refractivity contribution in [3.63, 3.8) is 0 Å². The van der Waals surface area contributed by atoms with Crippen LogP contribution in [0.5, 0.6) is 0 Å². The Morgan fingerprint density at radius 1 is 1.56 bits per heavy atom. The van der Waals surface area contributed by atoms with Crippen molar-refractivity contribution in [3.05, 3.63) is 46.5 Å². The number of thiophene rings is 1. The van der Waals surface area contributed by atoms with E-state index in [0.717, 1.165) is 4.88 Å². The highest BCUT2D eigenvalue weighted by atomic mass is 32.1. The molecule has 92 valence electrons. The van der Waals surface area contributed by atoms with Crippen LogP contribution in [0.4, 0.5) is 0 Å². The number of esters is 1. The van der Waals surface area contributed by atoms with Crippen LogP contribution in [-0.2, 0) is 11.2 Å². The molecule has 0 radical (unpaired) electrons. The second kappa shape index (κ2) is 6.03. The monoisotopic (exact) mass is 261 g/mol. The first-order chi connectivity index (χ1) is 8.79. The molecule has 0 unspecified atom stereocenters. The summed E-state index contributed by atoms with van der Waals surface area (Å²) in [4.78, 5) is 12.7. The van der Waals surface area contributed by atoms with Gasteiger partial charge < -0.3 is 9.15 Å². The summed E-state index contributed by atoms with van der Waals surface area (Å²) in [5, 5.41) is 11.0. The third-order valence-electron chi connectivity index (χ3n) is 2.38. The number of carbonyl (C=O) groups is 1. The molecule has 0 aliphatic carbocycles. The van der Waals surface area contributed by atoms with E-state index in [4.69, 9.17) is 14.4 Å². The van der Waals surface area contributed by atoms with E-state index in [0.29, 0.717) is 12.0 Å². The number of hydrogen-bond acceptors (Lipinski definition) is 5. The third-order valence-corrected chi connectivity index (χ3v) is 3.28. The van der Waals surface area contributed by atoms with Gasteiger partial charge in [-0.15, -0.1) is 11.3 Å². The lowest BCUT2D eigenvalue weighted by Crippen LogP contribution is -2.14. The molecule has 0 aliphatic heterocycles. The lowest BCUT2D eigenvalue weighted by Gasteiger charge is -2.08. The van der Waals surface area contributed by atoms with E-state index in [1.165, 1.54) is 18.6 Å². The first-order valence-electron chi connectivity index (χ1n) is 5.41. The van der Waals surface area contributed by atoms with Crippen LogP contribution in [0.25, 0.3) is 0 Å². The molecule has 0 aromatic carbocycles. The van der Waals surface area contributed by atoms with Crippen LogP contribution in [0.3, 0.4) is 0 Å². The van der Waals surface area contributed by atoms with Gasteiger partial charge in [0, 0.05) is 11.3 Å². The molecule has 0 aliphatic rings. The number of rotatable bonds is 5. The summed E-state index contributed by atoms with van der Waals surface area (Å²) >= 11 is 1.59. The fourth-order valence-corrected chi connectivity index (χ4v) is 2.24. The number of furan rings is 1. The number of carbonyl (C=O) groups excluding carboxylic acids is 1. The lowest BCUT2D eigenvalue weighted by molar-refractivity contribution is 0.0467. The van der Waals surface area contributed by atoms with E-state index in [1.54, 1.807) is 11.3 Å². The predicted molar refractivity (Wildman–Crippen MR) is 66.1 cm³/mol. The van der Waals surface area contributed by atoms with Crippen molar-refractivity contribution in [3.8, 4) is 6.07 Å². The van der Waals surface area contributed by atoms with Gasteiger partial charge in [0.1, 0.15) is 12.9 Å². The third kappa shape index (κ3) is 3.22. The summed E-state index contributed by atoms with van der Waals surface area (Å²) in [7, 11) is 0. The van der Waals surface area contributed by atoms with Crippen molar-refractivity contribution in [2.75, 3.05) is 6.61 Å². The minimum absolute atomic E-state index is 0.0956. The highest BCUT2D eigenvalue weighted by molar-refractivity contribution is 7.09. The zero-order valence-electron chi connectivity index (χ0n) is 9.54. The van der Waals surface area contributed by atoms with Crippen molar-refractivity contribution >= 4 is 17.3 Å². The maximum Gasteiger partial charge on any atom is 0.341 e. The van der Waals surface area contributed by atoms with Crippen molar-refractivity contribution in [1.29, 1.82) is 5.26 Å². The Balaban J connectivity index is 1.84. The summed E-state index contributed by atoms with van der Waals surface area (Å²) in [6.45, 7) is 0.0956. The lowest BCUT2D eigenvalue weighted by atomic mass is 10.1. The Bertz CT molecular complexity index is 525. The topological polar surface area (TPSA) is 63.2 Å². The molecule has 2 rings (SSSR count). The second-order valence-electron chi connectivity index (χ2n) is 3.72. The number of ether oxygens (including phenoxy) is 1. The number of hydrogen-bond donors (Lipinski definition) is 0. The summed E-state index contributed by atoms with van der Waals surface area (Å²) in [5.41, 5.74) is 0.364. The van der Waals surface area contributed by atoms with Gasteiger partial charge in [-0.1, -0.05) is 6.07 Å². The molecule has 2 heterocycles. The van der Waals surface area contributed by atoms with E-state index in [2.05, 4.69) is 6.07 Å². The van der Waals surface area contributed by atoms with Crippen molar-refractivity contribution in [2.45, 2.75) is 6.42 Å². The van der Waals surface area contributed by atoms with E-state index in [-0.39, 0.29) is 12.5 Å². The SMILES string of the molecule is N#C[C@H](COC(=O)c1ccoc1)Cc1cccs1. The van der Waals surface area contributed by atoms with Crippen molar-refractivity contribution in [2.24, 2.45) is 5.92 Å². The van der Waals surface area contributed by atoms with Crippen LogP contribution in [0.15, 0.2) is 40.5 Å². The normalized spacial score (nSPS) is 11.7. The van der Waals surface area contributed by atoms with E-state index in [1.807, 2.05) is 17.5 Å². The van der Waals surface area contributed by atoms with Gasteiger partial charge in [0.25, 0.3) is 0 Å². The summed E-state index contributed by atoms with van der Waals surface area (Å²) in [6, 6.07) is 7.58. The van der Waals surface area contributed by atoms with E-state index >= 15 is 0 Å². The summed E-state index contributed by atoms with van der Waals surface area (Å²) < 4.78 is 9.86. The largest absolute Gasteiger partial charge is 0.472 e. The van der Waals surface area contributed by atoms with Crippen LogP contribution < -0.4 is 0 Å². The van der Waals surface area contributed by atoms with Crippen LogP contribution in [0, 0.1) is 17.2 Å². The molecule has 0 N–H and O–H groups in total. The van der Waals surface area contributed by atoms with Gasteiger partial charge in [0.15, 0.2) is 0 Å². The van der Waals surface area contributed by atoms with Gasteiger partial charge in [-0.05, 0) is 17.5 Å². The van der Waals surface area contributed by atoms with Crippen LogP contribution in [0.1, 0.15) is 15.2 Å². The molecular formula is C13H11NO3S. The molecule has 5 heteroatoms. The predicted octanol–water partition coefficient (Wildman–Crippen LogP) is 2.88. The average molecular weight is 261 g/mol. The minimum Gasteiger partial charge on any atom is -0.472 e. The van der Waals surface area contributed by atoms with Gasteiger partial charge in [0.2, 0.25) is 0 Å². The molecule has 0 saturated carbocycles. The molecule has 0 amide bonds. The van der Waals surface area contributed by atoms with Crippen LogP contribution in [0.2, 0.25) is 0 Å². The molecule has 0 bridgehead atoms. The quantitative estimate of drug-likeness (QED) is 0.776. The van der Waals surface area contributed by atoms with Gasteiger partial charge in [-0.25, -0.2) is 4.79 Å². The second-order valence-corrected chi connectivity index (χ2v) is 4.75. The highest BCUT2D eigenvalue weighted by Gasteiger charge is 2.14. The van der Waals surface area contributed by atoms with Crippen LogP contribution >= 0.6 is 11.3 Å². The van der Waals surface area contributed by atoms with Crippen molar-refractivity contribution in [1.82, 2.24) is 0 Å². The summed E-state index contributed by atoms with van der Waals surface area (Å²) in [6.07, 6.45) is 3.33. The maximum absolute atomic E-state index is 11.5. The van der Waals surface area contributed by atoms with Crippen LogP contribution in [-0.4, -0.2) is 12.6 Å². The summed E-state index contributed by atoms with van der Waals surface area (Å²) in [5.74, 6) is -0.783. The first kappa shape index (κ1) is 12.4. The fourth-order valence-electron chi connectivity index (χ4n) is 1.45. The maximum atomic E-state index is 11.5. The Kier molecular flexibility index (Phi) is 4.15. The molecule has 4 nitrogen and oxygen atoms in total. The molecule has 2 aromatic heterocycles. The molecular weight excluding hydrogens is 250 g/mol. The Morgan fingerprint density at radius 2 is 2.44 bits per heavy atom. The molecule has 0 saturated heterocycles. The zero-order chi connectivity index (χ0) is 12.8. The van der Waals surface area contributed by atoms with Gasteiger partial charge in [0.05, 0.1) is 23.8 Å². The Labute approximate surface area is 108 Å². The molecule has 0 spiro atoms. The smallest absolute Gasteiger partial charge is 0.341 e. The Morgan fingerprint density at radius 3 is 3.06 bits per heavy atom. The van der Waals surface area contributed by atoms with E-state index < -0.39 is 5.97 Å². The minimum atomic E-state index is -0.463. The molecule has 18 heavy (non-hydrogen) atoms. The number of nitrogens with zero attached hydrogens (tertiary/aromatic N) is 1.